The monoisotopic (exact) mass is 329 g/mol. The molecule has 1 saturated heterocycles. The van der Waals surface area contributed by atoms with Gasteiger partial charge in [-0.1, -0.05) is 42.5 Å². The predicted molar refractivity (Wildman–Crippen MR) is 87.7 cm³/mol. The van der Waals surface area contributed by atoms with E-state index in [4.69, 9.17) is 4.74 Å². The zero-order valence-electron chi connectivity index (χ0n) is 13.3. The number of halogens is 1. The van der Waals surface area contributed by atoms with Crippen LogP contribution in [0.15, 0.2) is 54.6 Å². The van der Waals surface area contributed by atoms with Crippen LogP contribution in [0.5, 0.6) is 0 Å². The number of rotatable bonds is 3. The second-order valence-electron chi connectivity index (χ2n) is 5.98. The molecule has 0 unspecified atom stereocenters. The molecule has 1 aliphatic rings. The number of aliphatic hydroxyl groups is 1. The smallest absolute Gasteiger partial charge is 0.410 e. The van der Waals surface area contributed by atoms with Crippen LogP contribution in [0.4, 0.5) is 9.18 Å². The summed E-state index contributed by atoms with van der Waals surface area (Å²) in [4.78, 5) is 14.1. The maximum atomic E-state index is 13.1. The lowest BCUT2D eigenvalue weighted by Crippen LogP contribution is -2.42. The minimum Gasteiger partial charge on any atom is -0.445 e. The van der Waals surface area contributed by atoms with E-state index in [0.29, 0.717) is 19.4 Å². The number of aliphatic hydroxyl groups excluding tert-OH is 1. The normalized spacial score (nSPS) is 20.7. The molecule has 0 aliphatic carbocycles. The molecule has 0 saturated carbocycles. The Bertz CT molecular complexity index is 675. The number of hydrogen-bond acceptors (Lipinski definition) is 3. The Labute approximate surface area is 140 Å². The average Bonchev–Trinajstić information content (AvgIpc) is 2.61. The van der Waals surface area contributed by atoms with Crippen LogP contribution in [0.1, 0.15) is 30.0 Å². The summed E-state index contributed by atoms with van der Waals surface area (Å²) in [6.45, 7) is 0.617. The van der Waals surface area contributed by atoms with Crippen LogP contribution in [-0.4, -0.2) is 28.7 Å². The Morgan fingerprint density at radius 3 is 2.58 bits per heavy atom. The van der Waals surface area contributed by atoms with Gasteiger partial charge >= 0.3 is 6.09 Å². The molecule has 0 spiro atoms. The van der Waals surface area contributed by atoms with Crippen molar-refractivity contribution >= 4 is 6.09 Å². The van der Waals surface area contributed by atoms with Gasteiger partial charge in [0, 0.05) is 6.54 Å². The van der Waals surface area contributed by atoms with Crippen molar-refractivity contribution in [1.82, 2.24) is 4.90 Å². The maximum absolute atomic E-state index is 13.1. The van der Waals surface area contributed by atoms with Gasteiger partial charge in [-0.2, -0.15) is 0 Å². The molecular weight excluding hydrogens is 309 g/mol. The van der Waals surface area contributed by atoms with E-state index < -0.39 is 12.2 Å². The summed E-state index contributed by atoms with van der Waals surface area (Å²) in [5, 5.41) is 9.95. The topological polar surface area (TPSA) is 49.8 Å². The second kappa shape index (κ2) is 7.45. The highest BCUT2D eigenvalue weighted by molar-refractivity contribution is 5.68. The summed E-state index contributed by atoms with van der Waals surface area (Å²) in [6, 6.07) is 15.2. The van der Waals surface area contributed by atoms with E-state index in [-0.39, 0.29) is 18.5 Å². The lowest BCUT2D eigenvalue weighted by molar-refractivity contribution is 0.0259. The van der Waals surface area contributed by atoms with Crippen LogP contribution in [0.3, 0.4) is 0 Å². The largest absolute Gasteiger partial charge is 0.445 e. The molecule has 1 aliphatic heterocycles. The number of nitrogens with zero attached hydrogens (tertiary/aromatic N) is 1. The third kappa shape index (κ3) is 3.92. The Kier molecular flexibility index (Phi) is 5.11. The van der Waals surface area contributed by atoms with Crippen LogP contribution in [-0.2, 0) is 11.3 Å². The highest BCUT2D eigenvalue weighted by atomic mass is 19.1. The van der Waals surface area contributed by atoms with Crippen LogP contribution < -0.4 is 0 Å². The minimum atomic E-state index is -0.474. The Hall–Kier alpha value is -2.40. The molecule has 24 heavy (non-hydrogen) atoms. The molecule has 2 aromatic carbocycles. The van der Waals surface area contributed by atoms with Crippen molar-refractivity contribution in [3.05, 3.63) is 71.5 Å². The van der Waals surface area contributed by atoms with Gasteiger partial charge in [0.2, 0.25) is 0 Å². The first kappa shape index (κ1) is 16.5. The third-order valence-corrected chi connectivity index (χ3v) is 4.27. The first-order valence-electron chi connectivity index (χ1n) is 8.04. The summed E-state index contributed by atoms with van der Waals surface area (Å²) in [6.07, 6.45) is 0.0443. The van der Waals surface area contributed by atoms with Gasteiger partial charge in [-0.05, 0) is 36.1 Å². The van der Waals surface area contributed by atoms with Gasteiger partial charge in [-0.15, -0.1) is 0 Å². The quantitative estimate of drug-likeness (QED) is 0.935. The van der Waals surface area contributed by atoms with Gasteiger partial charge in [0.15, 0.2) is 0 Å². The lowest BCUT2D eigenvalue weighted by atomic mass is 9.94. The number of carbonyl (C=O) groups excluding carboxylic acids is 1. The third-order valence-electron chi connectivity index (χ3n) is 4.27. The molecule has 3 rings (SSSR count). The molecule has 0 radical (unpaired) electrons. The zero-order chi connectivity index (χ0) is 16.9. The van der Waals surface area contributed by atoms with Gasteiger partial charge < -0.3 is 14.7 Å². The summed E-state index contributed by atoms with van der Waals surface area (Å²) >= 11 is 0. The molecular formula is C19H20FNO3. The fourth-order valence-corrected chi connectivity index (χ4v) is 2.97. The molecule has 1 fully saturated rings. The van der Waals surface area contributed by atoms with E-state index in [0.717, 1.165) is 11.1 Å². The predicted octanol–water partition coefficient (Wildman–Crippen LogP) is 3.66. The molecule has 1 N–H and O–H groups in total. The summed E-state index contributed by atoms with van der Waals surface area (Å²) in [5.41, 5.74) is 1.72. The average molecular weight is 329 g/mol. The standard InChI is InChI=1S/C19H20FNO3/c20-16-8-6-15(7-9-16)18-12-17(22)10-11-21(18)19(23)24-13-14-4-2-1-3-5-14/h1-9,17-18,22H,10-13H2/t17-,18+/m1/s1. The van der Waals surface area contributed by atoms with Gasteiger partial charge in [-0.3, -0.25) is 0 Å². The van der Waals surface area contributed by atoms with E-state index in [1.807, 2.05) is 30.3 Å². The zero-order valence-corrected chi connectivity index (χ0v) is 13.3. The van der Waals surface area contributed by atoms with Gasteiger partial charge in [-0.25, -0.2) is 9.18 Å². The molecule has 2 atom stereocenters. The first-order valence-corrected chi connectivity index (χ1v) is 8.04. The SMILES string of the molecule is O=C(OCc1ccccc1)N1CC[C@@H](O)C[C@H]1c1ccc(F)cc1. The van der Waals surface area contributed by atoms with E-state index in [1.54, 1.807) is 17.0 Å². The summed E-state index contributed by atoms with van der Waals surface area (Å²) < 4.78 is 18.5. The van der Waals surface area contributed by atoms with Crippen molar-refractivity contribution in [2.75, 3.05) is 6.54 Å². The van der Waals surface area contributed by atoms with Crippen LogP contribution in [0.2, 0.25) is 0 Å². The number of benzene rings is 2. The Morgan fingerprint density at radius 2 is 1.88 bits per heavy atom. The summed E-state index contributed by atoms with van der Waals surface area (Å²) in [7, 11) is 0. The van der Waals surface area contributed by atoms with Gasteiger partial charge in [0.05, 0.1) is 12.1 Å². The number of amides is 1. The van der Waals surface area contributed by atoms with Crippen molar-refractivity contribution < 1.29 is 19.0 Å². The molecule has 0 bridgehead atoms. The molecule has 1 amide bonds. The van der Waals surface area contributed by atoms with Crippen LogP contribution in [0, 0.1) is 5.82 Å². The maximum Gasteiger partial charge on any atom is 0.410 e. The van der Waals surface area contributed by atoms with Crippen LogP contribution in [0.25, 0.3) is 0 Å². The van der Waals surface area contributed by atoms with E-state index in [1.165, 1.54) is 12.1 Å². The molecule has 4 nitrogen and oxygen atoms in total. The van der Waals surface area contributed by atoms with E-state index >= 15 is 0 Å². The summed E-state index contributed by atoms with van der Waals surface area (Å²) in [5.74, 6) is -0.326. The number of carbonyl (C=O) groups is 1. The number of ether oxygens (including phenoxy) is 1. The molecule has 5 heteroatoms. The molecule has 126 valence electrons. The second-order valence-corrected chi connectivity index (χ2v) is 5.98. The van der Waals surface area contributed by atoms with Crippen molar-refractivity contribution in [1.29, 1.82) is 0 Å². The number of piperidine rings is 1. The molecule has 0 aromatic heterocycles. The minimum absolute atomic E-state index is 0.203. The van der Waals surface area contributed by atoms with Crippen molar-refractivity contribution in [3.8, 4) is 0 Å². The molecule has 2 aromatic rings. The lowest BCUT2D eigenvalue weighted by Gasteiger charge is -2.37. The molecule has 1 heterocycles. The van der Waals surface area contributed by atoms with Gasteiger partial charge in [0.1, 0.15) is 12.4 Å². The van der Waals surface area contributed by atoms with E-state index in [9.17, 15) is 14.3 Å². The number of hydrogen-bond donors (Lipinski definition) is 1. The fraction of sp³-hybridized carbons (Fsp3) is 0.316. The van der Waals surface area contributed by atoms with Crippen molar-refractivity contribution in [2.24, 2.45) is 0 Å². The van der Waals surface area contributed by atoms with Crippen molar-refractivity contribution in [3.63, 3.8) is 0 Å². The Balaban J connectivity index is 1.71. The highest BCUT2D eigenvalue weighted by Crippen LogP contribution is 2.31. The fourth-order valence-electron chi connectivity index (χ4n) is 2.97. The van der Waals surface area contributed by atoms with Gasteiger partial charge in [0.25, 0.3) is 0 Å². The van der Waals surface area contributed by atoms with Crippen molar-refractivity contribution in [2.45, 2.75) is 31.6 Å². The van der Waals surface area contributed by atoms with Crippen LogP contribution >= 0.6 is 0 Å². The first-order chi connectivity index (χ1) is 11.6. The highest BCUT2D eigenvalue weighted by Gasteiger charge is 2.32. The Morgan fingerprint density at radius 1 is 1.17 bits per heavy atom. The van der Waals surface area contributed by atoms with E-state index in [2.05, 4.69) is 0 Å². The number of likely N-dealkylation sites (tertiary alicyclic amines) is 1.